The fraction of sp³-hybridized carbons (Fsp3) is 0.571. The van der Waals surface area contributed by atoms with Crippen molar-refractivity contribution >= 4 is 0 Å². The van der Waals surface area contributed by atoms with Gasteiger partial charge in [-0.25, -0.2) is 0 Å². The highest BCUT2D eigenvalue weighted by molar-refractivity contribution is 5.25. The van der Waals surface area contributed by atoms with Crippen LogP contribution in [-0.4, -0.2) is 38.3 Å². The highest BCUT2D eigenvalue weighted by atomic mass is 19.4. The summed E-state index contributed by atoms with van der Waals surface area (Å²) in [4.78, 5) is 1.27. The van der Waals surface area contributed by atoms with Crippen molar-refractivity contribution < 1.29 is 13.2 Å². The molecule has 0 fully saturated rings. The van der Waals surface area contributed by atoms with Crippen molar-refractivity contribution in [3.05, 3.63) is 35.4 Å². The van der Waals surface area contributed by atoms with Crippen LogP contribution in [0.25, 0.3) is 0 Å². The molecule has 0 aromatic heterocycles. The third-order valence-electron chi connectivity index (χ3n) is 2.96. The first-order chi connectivity index (χ1) is 8.81. The second-order valence-corrected chi connectivity index (χ2v) is 4.99. The standard InChI is InChI=1S/C14H21F3N2/c1-11(8-18-2)13-6-4-12(5-7-13)9-19(3)10-14(15,16)17/h4-7,11,18H,8-10H2,1-3H3. The topological polar surface area (TPSA) is 15.3 Å². The van der Waals surface area contributed by atoms with Gasteiger partial charge in [-0.3, -0.25) is 4.90 Å². The molecule has 0 saturated heterocycles. The average molecular weight is 274 g/mol. The first kappa shape index (κ1) is 16.0. The van der Waals surface area contributed by atoms with Crippen LogP contribution in [0, 0.1) is 0 Å². The van der Waals surface area contributed by atoms with E-state index in [4.69, 9.17) is 0 Å². The van der Waals surface area contributed by atoms with Gasteiger partial charge >= 0.3 is 6.18 Å². The van der Waals surface area contributed by atoms with Crippen molar-refractivity contribution in [2.24, 2.45) is 0 Å². The molecular formula is C14H21F3N2. The van der Waals surface area contributed by atoms with Crippen molar-refractivity contribution in [1.29, 1.82) is 0 Å². The Labute approximate surface area is 112 Å². The highest BCUT2D eigenvalue weighted by Gasteiger charge is 2.28. The van der Waals surface area contributed by atoms with E-state index in [-0.39, 0.29) is 0 Å². The Morgan fingerprint density at radius 1 is 1.21 bits per heavy atom. The van der Waals surface area contributed by atoms with Crippen LogP contribution in [0.1, 0.15) is 24.0 Å². The Morgan fingerprint density at radius 2 is 1.79 bits per heavy atom. The van der Waals surface area contributed by atoms with Crippen molar-refractivity contribution in [2.45, 2.75) is 25.6 Å². The minimum atomic E-state index is -4.14. The van der Waals surface area contributed by atoms with E-state index in [9.17, 15) is 13.2 Å². The molecule has 0 aliphatic heterocycles. The molecule has 0 saturated carbocycles. The van der Waals surface area contributed by atoms with Gasteiger partial charge in [0.2, 0.25) is 0 Å². The molecule has 1 N–H and O–H groups in total. The maximum atomic E-state index is 12.2. The minimum absolute atomic E-state index is 0.306. The largest absolute Gasteiger partial charge is 0.401 e. The van der Waals surface area contributed by atoms with Gasteiger partial charge in [0.05, 0.1) is 6.54 Å². The third kappa shape index (κ3) is 6.07. The summed E-state index contributed by atoms with van der Waals surface area (Å²) < 4.78 is 36.6. The Balaban J connectivity index is 2.57. The molecule has 0 bridgehead atoms. The lowest BCUT2D eigenvalue weighted by Gasteiger charge is -2.19. The summed E-state index contributed by atoms with van der Waals surface area (Å²) >= 11 is 0. The molecule has 2 nitrogen and oxygen atoms in total. The van der Waals surface area contributed by atoms with E-state index in [1.165, 1.54) is 17.5 Å². The van der Waals surface area contributed by atoms with Gasteiger partial charge in [0, 0.05) is 13.1 Å². The van der Waals surface area contributed by atoms with Crippen LogP contribution < -0.4 is 5.32 Å². The molecule has 0 aliphatic carbocycles. The predicted octanol–water partition coefficient (Wildman–Crippen LogP) is 3.00. The molecule has 1 rings (SSSR count). The summed E-state index contributed by atoms with van der Waals surface area (Å²) in [6.07, 6.45) is -4.14. The molecule has 1 aromatic carbocycles. The van der Waals surface area contributed by atoms with Gasteiger partial charge in [0.25, 0.3) is 0 Å². The number of rotatable bonds is 6. The van der Waals surface area contributed by atoms with E-state index in [2.05, 4.69) is 12.2 Å². The van der Waals surface area contributed by atoms with E-state index >= 15 is 0 Å². The monoisotopic (exact) mass is 274 g/mol. The number of hydrogen-bond acceptors (Lipinski definition) is 2. The van der Waals surface area contributed by atoms with Gasteiger partial charge in [-0.1, -0.05) is 31.2 Å². The van der Waals surface area contributed by atoms with Gasteiger partial charge < -0.3 is 5.32 Å². The second-order valence-electron chi connectivity index (χ2n) is 4.99. The molecule has 0 radical (unpaired) electrons. The van der Waals surface area contributed by atoms with Crippen molar-refractivity contribution in [2.75, 3.05) is 27.2 Å². The van der Waals surface area contributed by atoms with Crippen LogP contribution in [0.3, 0.4) is 0 Å². The molecule has 1 aromatic rings. The van der Waals surface area contributed by atoms with Gasteiger partial charge in [-0.05, 0) is 31.1 Å². The number of hydrogen-bond donors (Lipinski definition) is 1. The molecular weight excluding hydrogens is 253 g/mol. The summed E-state index contributed by atoms with van der Waals surface area (Å²) in [5.41, 5.74) is 2.09. The van der Waals surface area contributed by atoms with Crippen molar-refractivity contribution in [1.82, 2.24) is 10.2 Å². The lowest BCUT2D eigenvalue weighted by atomic mass is 10.00. The predicted molar refractivity (Wildman–Crippen MR) is 71.2 cm³/mol. The van der Waals surface area contributed by atoms with Crippen molar-refractivity contribution in [3.8, 4) is 0 Å². The molecule has 5 heteroatoms. The third-order valence-corrected chi connectivity index (χ3v) is 2.96. The number of halogens is 3. The van der Waals surface area contributed by atoms with E-state index in [0.29, 0.717) is 12.5 Å². The molecule has 0 amide bonds. The SMILES string of the molecule is CNCC(C)c1ccc(CN(C)CC(F)(F)F)cc1. The fourth-order valence-electron chi connectivity index (χ4n) is 2.05. The number of alkyl halides is 3. The lowest BCUT2D eigenvalue weighted by Crippen LogP contribution is -2.30. The summed E-state index contributed by atoms with van der Waals surface area (Å²) in [6, 6.07) is 7.76. The van der Waals surface area contributed by atoms with Gasteiger partial charge in [0.15, 0.2) is 0 Å². The van der Waals surface area contributed by atoms with Crippen LogP contribution in [0.2, 0.25) is 0 Å². The normalized spacial score (nSPS) is 13.8. The second kappa shape index (κ2) is 6.91. The summed E-state index contributed by atoms with van der Waals surface area (Å²) in [6.45, 7) is 2.42. The molecule has 0 heterocycles. The molecule has 1 unspecified atom stereocenters. The zero-order valence-corrected chi connectivity index (χ0v) is 11.6. The van der Waals surface area contributed by atoms with Crippen LogP contribution in [-0.2, 0) is 6.54 Å². The van der Waals surface area contributed by atoms with Crippen LogP contribution in [0.15, 0.2) is 24.3 Å². The Kier molecular flexibility index (Phi) is 5.82. The zero-order valence-electron chi connectivity index (χ0n) is 11.6. The first-order valence-corrected chi connectivity index (χ1v) is 6.30. The van der Waals surface area contributed by atoms with E-state index in [1.54, 1.807) is 0 Å². The fourth-order valence-corrected chi connectivity index (χ4v) is 2.05. The summed E-state index contributed by atoms with van der Waals surface area (Å²) in [7, 11) is 3.38. The van der Waals surface area contributed by atoms with Crippen molar-refractivity contribution in [3.63, 3.8) is 0 Å². The minimum Gasteiger partial charge on any atom is -0.319 e. The Morgan fingerprint density at radius 3 is 2.26 bits per heavy atom. The lowest BCUT2D eigenvalue weighted by molar-refractivity contribution is -0.144. The smallest absolute Gasteiger partial charge is 0.319 e. The maximum absolute atomic E-state index is 12.2. The zero-order chi connectivity index (χ0) is 14.5. The van der Waals surface area contributed by atoms with E-state index in [0.717, 1.165) is 12.1 Å². The van der Waals surface area contributed by atoms with Crippen LogP contribution in [0.5, 0.6) is 0 Å². The first-order valence-electron chi connectivity index (χ1n) is 6.30. The van der Waals surface area contributed by atoms with E-state index < -0.39 is 12.7 Å². The Hall–Kier alpha value is -1.07. The van der Waals surface area contributed by atoms with Gasteiger partial charge in [0.1, 0.15) is 0 Å². The molecule has 0 spiro atoms. The number of nitrogens with one attached hydrogen (secondary N) is 1. The quantitative estimate of drug-likeness (QED) is 0.858. The van der Waals surface area contributed by atoms with E-state index in [1.807, 2.05) is 31.3 Å². The Bertz CT molecular complexity index is 373. The number of likely N-dealkylation sites (N-methyl/N-ethyl adjacent to an activating group) is 1. The van der Waals surface area contributed by atoms with Gasteiger partial charge in [-0.15, -0.1) is 0 Å². The molecule has 108 valence electrons. The summed E-state index contributed by atoms with van der Waals surface area (Å²) in [5, 5.41) is 3.11. The van der Waals surface area contributed by atoms with Crippen LogP contribution in [0.4, 0.5) is 13.2 Å². The molecule has 19 heavy (non-hydrogen) atoms. The van der Waals surface area contributed by atoms with Gasteiger partial charge in [-0.2, -0.15) is 13.2 Å². The summed E-state index contributed by atoms with van der Waals surface area (Å²) in [5.74, 6) is 0.395. The average Bonchev–Trinajstić information content (AvgIpc) is 2.27. The highest BCUT2D eigenvalue weighted by Crippen LogP contribution is 2.18. The molecule has 0 aliphatic rings. The number of nitrogens with zero attached hydrogens (tertiary/aromatic N) is 1. The molecule has 1 atom stereocenters. The van der Waals surface area contributed by atoms with Crippen LogP contribution >= 0.6 is 0 Å². The maximum Gasteiger partial charge on any atom is 0.401 e. The number of benzene rings is 1.